The minimum atomic E-state index is 0.345. The van der Waals surface area contributed by atoms with Crippen LogP contribution in [0, 0.1) is 19.8 Å². The largest absolute Gasteiger partial charge is 0.396 e. The van der Waals surface area contributed by atoms with E-state index in [-0.39, 0.29) is 0 Å². The van der Waals surface area contributed by atoms with Crippen molar-refractivity contribution < 1.29 is 5.11 Å². The summed E-state index contributed by atoms with van der Waals surface area (Å²) in [6.07, 6.45) is 1.17. The van der Waals surface area contributed by atoms with Gasteiger partial charge in [-0.05, 0) is 48.8 Å². The van der Waals surface area contributed by atoms with E-state index in [1.54, 1.807) is 0 Å². The molecule has 1 nitrogen and oxygen atoms in total. The Morgan fingerprint density at radius 3 is 2.62 bits per heavy atom. The molecule has 0 bridgehead atoms. The summed E-state index contributed by atoms with van der Waals surface area (Å²) in [7, 11) is 0. The topological polar surface area (TPSA) is 20.2 Å². The average Bonchev–Trinajstić information content (AvgIpc) is 2.88. The average molecular weight is 176 g/mol. The van der Waals surface area contributed by atoms with Gasteiger partial charge < -0.3 is 5.11 Å². The van der Waals surface area contributed by atoms with Crippen LogP contribution in [-0.2, 0) is 0 Å². The molecule has 0 spiro atoms. The van der Waals surface area contributed by atoms with Crippen LogP contribution >= 0.6 is 0 Å². The Morgan fingerprint density at radius 2 is 2.08 bits per heavy atom. The first-order chi connectivity index (χ1) is 6.22. The highest BCUT2D eigenvalue weighted by atomic mass is 16.3. The number of rotatable bonds is 2. The Balaban J connectivity index is 2.19. The Kier molecular flexibility index (Phi) is 2.12. The van der Waals surface area contributed by atoms with E-state index in [9.17, 15) is 0 Å². The van der Waals surface area contributed by atoms with Gasteiger partial charge in [-0.1, -0.05) is 18.2 Å². The van der Waals surface area contributed by atoms with Gasteiger partial charge in [0.05, 0.1) is 0 Å². The molecule has 1 aliphatic carbocycles. The van der Waals surface area contributed by atoms with Crippen LogP contribution < -0.4 is 0 Å². The van der Waals surface area contributed by atoms with Gasteiger partial charge in [0.15, 0.2) is 0 Å². The molecule has 1 fully saturated rings. The number of aliphatic hydroxyl groups excluding tert-OH is 1. The van der Waals surface area contributed by atoms with Crippen LogP contribution in [0.1, 0.15) is 29.0 Å². The van der Waals surface area contributed by atoms with Crippen LogP contribution in [0.4, 0.5) is 0 Å². The maximum atomic E-state index is 8.96. The van der Waals surface area contributed by atoms with Crippen LogP contribution in [0.2, 0.25) is 0 Å². The minimum absolute atomic E-state index is 0.345. The number of aryl methyl sites for hydroxylation is 2. The van der Waals surface area contributed by atoms with Crippen molar-refractivity contribution >= 4 is 0 Å². The first kappa shape index (κ1) is 8.76. The van der Waals surface area contributed by atoms with Crippen LogP contribution in [0.25, 0.3) is 0 Å². The monoisotopic (exact) mass is 176 g/mol. The highest BCUT2D eigenvalue weighted by molar-refractivity contribution is 5.34. The van der Waals surface area contributed by atoms with Crippen LogP contribution in [0.3, 0.4) is 0 Å². The standard InChI is InChI=1S/C12H16O/c1-8-3-4-10(5-9(8)2)12-6-11(12)7-13/h3-5,11-13H,6-7H2,1-2H3. The van der Waals surface area contributed by atoms with Gasteiger partial charge in [0.2, 0.25) is 0 Å². The molecule has 1 aliphatic rings. The fourth-order valence-electron chi connectivity index (χ4n) is 1.85. The van der Waals surface area contributed by atoms with Crippen molar-refractivity contribution in [1.82, 2.24) is 0 Å². The van der Waals surface area contributed by atoms with E-state index < -0.39 is 0 Å². The van der Waals surface area contributed by atoms with Gasteiger partial charge in [-0.3, -0.25) is 0 Å². The lowest BCUT2D eigenvalue weighted by atomic mass is 10.0. The highest BCUT2D eigenvalue weighted by Gasteiger charge is 2.37. The van der Waals surface area contributed by atoms with Crippen LogP contribution in [0.15, 0.2) is 18.2 Å². The molecular weight excluding hydrogens is 160 g/mol. The summed E-state index contributed by atoms with van der Waals surface area (Å²) >= 11 is 0. The summed E-state index contributed by atoms with van der Waals surface area (Å²) in [5.41, 5.74) is 4.12. The Labute approximate surface area is 79.4 Å². The fraction of sp³-hybridized carbons (Fsp3) is 0.500. The molecule has 0 heterocycles. The zero-order valence-electron chi connectivity index (χ0n) is 8.25. The van der Waals surface area contributed by atoms with E-state index in [1.165, 1.54) is 23.1 Å². The molecule has 0 radical (unpaired) electrons. The zero-order chi connectivity index (χ0) is 9.42. The van der Waals surface area contributed by atoms with Gasteiger partial charge in [-0.15, -0.1) is 0 Å². The first-order valence-electron chi connectivity index (χ1n) is 4.90. The molecule has 0 aromatic heterocycles. The lowest BCUT2D eigenvalue weighted by Gasteiger charge is -2.03. The molecule has 0 aliphatic heterocycles. The second-order valence-electron chi connectivity index (χ2n) is 4.13. The molecule has 1 heteroatoms. The number of hydrogen-bond acceptors (Lipinski definition) is 1. The SMILES string of the molecule is Cc1ccc(C2CC2CO)cc1C. The van der Waals surface area contributed by atoms with E-state index >= 15 is 0 Å². The van der Waals surface area contributed by atoms with Crippen molar-refractivity contribution in [2.24, 2.45) is 5.92 Å². The van der Waals surface area contributed by atoms with Gasteiger partial charge >= 0.3 is 0 Å². The lowest BCUT2D eigenvalue weighted by Crippen LogP contribution is -1.90. The Bertz CT molecular complexity index is 317. The predicted molar refractivity (Wildman–Crippen MR) is 53.8 cm³/mol. The molecule has 2 unspecified atom stereocenters. The number of benzene rings is 1. The summed E-state index contributed by atoms with van der Waals surface area (Å²) in [5, 5.41) is 8.96. The van der Waals surface area contributed by atoms with Gasteiger partial charge in [0, 0.05) is 6.61 Å². The first-order valence-corrected chi connectivity index (χ1v) is 4.90. The number of hydrogen-bond donors (Lipinski definition) is 1. The normalized spacial score (nSPS) is 26.1. The van der Waals surface area contributed by atoms with Gasteiger partial charge in [-0.2, -0.15) is 0 Å². The molecular formula is C12H16O. The zero-order valence-corrected chi connectivity index (χ0v) is 8.25. The van der Waals surface area contributed by atoms with E-state index in [0.29, 0.717) is 18.4 Å². The molecule has 0 saturated heterocycles. The van der Waals surface area contributed by atoms with Crippen molar-refractivity contribution in [3.05, 3.63) is 34.9 Å². The summed E-state index contributed by atoms with van der Waals surface area (Å²) in [5.74, 6) is 1.16. The fourth-order valence-corrected chi connectivity index (χ4v) is 1.85. The summed E-state index contributed by atoms with van der Waals surface area (Å²) < 4.78 is 0. The molecule has 70 valence electrons. The molecule has 1 aromatic carbocycles. The van der Waals surface area contributed by atoms with Crippen molar-refractivity contribution in [3.63, 3.8) is 0 Å². The quantitative estimate of drug-likeness (QED) is 0.733. The smallest absolute Gasteiger partial charge is 0.0465 e. The van der Waals surface area contributed by atoms with E-state index in [2.05, 4.69) is 32.0 Å². The molecule has 1 N–H and O–H groups in total. The van der Waals surface area contributed by atoms with Crippen molar-refractivity contribution in [2.75, 3.05) is 6.61 Å². The third-order valence-corrected chi connectivity index (χ3v) is 3.12. The van der Waals surface area contributed by atoms with Gasteiger partial charge in [0.25, 0.3) is 0 Å². The summed E-state index contributed by atoms with van der Waals surface area (Å²) in [4.78, 5) is 0. The highest BCUT2D eigenvalue weighted by Crippen LogP contribution is 2.47. The second-order valence-corrected chi connectivity index (χ2v) is 4.13. The third kappa shape index (κ3) is 1.61. The van der Waals surface area contributed by atoms with Crippen molar-refractivity contribution in [2.45, 2.75) is 26.2 Å². The third-order valence-electron chi connectivity index (χ3n) is 3.12. The number of aliphatic hydroxyl groups is 1. The molecule has 2 atom stereocenters. The Morgan fingerprint density at radius 1 is 1.31 bits per heavy atom. The van der Waals surface area contributed by atoms with Crippen molar-refractivity contribution in [3.8, 4) is 0 Å². The van der Waals surface area contributed by atoms with Crippen LogP contribution in [0.5, 0.6) is 0 Å². The van der Waals surface area contributed by atoms with Gasteiger partial charge in [-0.25, -0.2) is 0 Å². The molecule has 13 heavy (non-hydrogen) atoms. The summed E-state index contributed by atoms with van der Waals surface area (Å²) in [6.45, 7) is 4.63. The molecule has 0 amide bonds. The molecule has 1 saturated carbocycles. The van der Waals surface area contributed by atoms with E-state index in [1.807, 2.05) is 0 Å². The van der Waals surface area contributed by atoms with E-state index in [0.717, 1.165) is 0 Å². The van der Waals surface area contributed by atoms with Crippen LogP contribution in [-0.4, -0.2) is 11.7 Å². The lowest BCUT2D eigenvalue weighted by molar-refractivity contribution is 0.274. The molecule has 1 aromatic rings. The van der Waals surface area contributed by atoms with Crippen molar-refractivity contribution in [1.29, 1.82) is 0 Å². The van der Waals surface area contributed by atoms with E-state index in [4.69, 9.17) is 5.11 Å². The predicted octanol–water partition coefficient (Wildman–Crippen LogP) is 2.40. The maximum absolute atomic E-state index is 8.96. The summed E-state index contributed by atoms with van der Waals surface area (Å²) in [6, 6.07) is 6.63. The second kappa shape index (κ2) is 3.15. The minimum Gasteiger partial charge on any atom is -0.396 e. The maximum Gasteiger partial charge on any atom is 0.0465 e. The van der Waals surface area contributed by atoms with Gasteiger partial charge in [0.1, 0.15) is 0 Å². The molecule has 2 rings (SSSR count). The Hall–Kier alpha value is -0.820.